The Balaban J connectivity index is 3.28. The Hall–Kier alpha value is -1.17. The van der Waals surface area contributed by atoms with Crippen molar-refractivity contribution in [2.75, 3.05) is 0 Å². The molecule has 0 aliphatic heterocycles. The Labute approximate surface area is 106 Å². The van der Waals surface area contributed by atoms with Gasteiger partial charge < -0.3 is 10.5 Å². The van der Waals surface area contributed by atoms with Crippen molar-refractivity contribution in [3.63, 3.8) is 0 Å². The molecule has 1 rings (SSSR count). The molecule has 6 nitrogen and oxygen atoms in total. The second-order valence-electron chi connectivity index (χ2n) is 2.77. The maximum atomic E-state index is 12.0. The van der Waals surface area contributed by atoms with E-state index in [-0.39, 0.29) is 15.8 Å². The van der Waals surface area contributed by atoms with E-state index in [9.17, 15) is 23.3 Å². The first-order valence-electron chi connectivity index (χ1n) is 4.04. The van der Waals surface area contributed by atoms with Gasteiger partial charge in [0.2, 0.25) is 0 Å². The van der Waals surface area contributed by atoms with Crippen LogP contribution in [0.4, 0.5) is 18.9 Å². The Morgan fingerprint density at radius 2 is 2.18 bits per heavy atom. The molecule has 0 radical (unpaired) electrons. The summed E-state index contributed by atoms with van der Waals surface area (Å²) in [5.41, 5.74) is 4.66. The van der Waals surface area contributed by atoms with Crippen LogP contribution in [0.15, 0.2) is 6.07 Å². The van der Waals surface area contributed by atoms with E-state index in [4.69, 9.17) is 5.73 Å². The van der Waals surface area contributed by atoms with Crippen LogP contribution in [-0.4, -0.2) is 16.3 Å². The normalized spacial score (nSPS) is 11.4. The molecule has 0 saturated heterocycles. The zero-order valence-electron chi connectivity index (χ0n) is 7.99. The predicted molar refractivity (Wildman–Crippen MR) is 58.2 cm³/mol. The van der Waals surface area contributed by atoms with E-state index in [1.165, 1.54) is 0 Å². The maximum absolute atomic E-state index is 12.0. The average Bonchev–Trinajstić information content (AvgIpc) is 2.14. The maximum Gasteiger partial charge on any atom is 0.574 e. The zero-order chi connectivity index (χ0) is 13.2. The SMILES string of the molecule is NCc1cc([N+](=O)[O-])c(OC(F)(F)F)nc1I. The fourth-order valence-corrected chi connectivity index (χ4v) is 1.56. The van der Waals surface area contributed by atoms with E-state index in [2.05, 4.69) is 9.72 Å². The van der Waals surface area contributed by atoms with Gasteiger partial charge in [0.25, 0.3) is 0 Å². The molecule has 10 heteroatoms. The average molecular weight is 363 g/mol. The summed E-state index contributed by atoms with van der Waals surface area (Å²) in [4.78, 5) is 12.9. The highest BCUT2D eigenvalue weighted by Crippen LogP contribution is 2.32. The van der Waals surface area contributed by atoms with Crippen molar-refractivity contribution in [3.8, 4) is 5.88 Å². The molecule has 0 spiro atoms. The van der Waals surface area contributed by atoms with Gasteiger partial charge in [0.05, 0.1) is 4.92 Å². The minimum atomic E-state index is -5.04. The molecule has 1 aromatic heterocycles. The number of hydrogen-bond donors (Lipinski definition) is 1. The number of halogens is 4. The highest BCUT2D eigenvalue weighted by molar-refractivity contribution is 14.1. The molecule has 1 heterocycles. The van der Waals surface area contributed by atoms with Crippen molar-refractivity contribution >= 4 is 28.3 Å². The van der Waals surface area contributed by atoms with Crippen LogP contribution in [0, 0.1) is 13.8 Å². The molecule has 0 unspecified atom stereocenters. The van der Waals surface area contributed by atoms with Gasteiger partial charge in [-0.25, -0.2) is 4.98 Å². The first kappa shape index (κ1) is 13.9. The van der Waals surface area contributed by atoms with Crippen molar-refractivity contribution in [1.29, 1.82) is 0 Å². The van der Waals surface area contributed by atoms with Gasteiger partial charge in [-0.1, -0.05) is 0 Å². The van der Waals surface area contributed by atoms with Crippen LogP contribution in [0.3, 0.4) is 0 Å². The van der Waals surface area contributed by atoms with Crippen LogP contribution in [0.5, 0.6) is 5.88 Å². The molecular weight excluding hydrogens is 358 g/mol. The van der Waals surface area contributed by atoms with Crippen LogP contribution in [0.25, 0.3) is 0 Å². The highest BCUT2D eigenvalue weighted by Gasteiger charge is 2.36. The van der Waals surface area contributed by atoms with Crippen molar-refractivity contribution in [2.45, 2.75) is 12.9 Å². The molecule has 0 aromatic carbocycles. The third-order valence-corrected chi connectivity index (χ3v) is 2.56. The fourth-order valence-electron chi connectivity index (χ4n) is 0.963. The molecule has 0 bridgehead atoms. The van der Waals surface area contributed by atoms with Crippen LogP contribution < -0.4 is 10.5 Å². The molecule has 0 fully saturated rings. The van der Waals surface area contributed by atoms with Gasteiger partial charge in [-0.05, 0) is 22.6 Å². The van der Waals surface area contributed by atoms with Crippen molar-refractivity contribution < 1.29 is 22.8 Å². The van der Waals surface area contributed by atoms with Gasteiger partial charge in [-0.15, -0.1) is 13.2 Å². The number of rotatable bonds is 3. The van der Waals surface area contributed by atoms with Gasteiger partial charge in [0.15, 0.2) is 0 Å². The third-order valence-electron chi connectivity index (χ3n) is 1.62. The molecule has 17 heavy (non-hydrogen) atoms. The third kappa shape index (κ3) is 3.66. The van der Waals surface area contributed by atoms with Crippen LogP contribution >= 0.6 is 22.6 Å². The highest BCUT2D eigenvalue weighted by atomic mass is 127. The van der Waals surface area contributed by atoms with Gasteiger partial charge in [0.1, 0.15) is 3.70 Å². The number of alkyl halides is 3. The standard InChI is InChI=1S/C7H5F3IN3O3/c8-7(9,10)17-6-4(14(15)16)1-3(2-12)5(11)13-6/h1H,2,12H2. The number of aromatic nitrogens is 1. The minimum absolute atomic E-state index is 0.0710. The lowest BCUT2D eigenvalue weighted by molar-refractivity contribution is -0.389. The minimum Gasteiger partial charge on any atom is -0.381 e. The summed E-state index contributed by atoms with van der Waals surface area (Å²) in [6, 6.07) is 0.913. The summed E-state index contributed by atoms with van der Waals surface area (Å²) in [6.07, 6.45) is -5.04. The molecule has 94 valence electrons. The lowest BCUT2D eigenvalue weighted by atomic mass is 10.2. The Morgan fingerprint density at radius 3 is 2.59 bits per heavy atom. The fraction of sp³-hybridized carbons (Fsp3) is 0.286. The van der Waals surface area contributed by atoms with Crippen LogP contribution in [0.2, 0.25) is 0 Å². The molecular formula is C7H5F3IN3O3. The predicted octanol–water partition coefficient (Wildman–Crippen LogP) is 1.95. The molecule has 2 N–H and O–H groups in total. The summed E-state index contributed by atoms with van der Waals surface area (Å²) in [5.74, 6) is -1.09. The van der Waals surface area contributed by atoms with E-state index in [1.807, 2.05) is 0 Å². The Kier molecular flexibility index (Phi) is 4.08. The van der Waals surface area contributed by atoms with Crippen LogP contribution in [-0.2, 0) is 6.54 Å². The number of hydrogen-bond acceptors (Lipinski definition) is 5. The summed E-state index contributed by atoms with van der Waals surface area (Å²) in [5, 5.41) is 10.6. The lowest BCUT2D eigenvalue weighted by Gasteiger charge is -2.09. The lowest BCUT2D eigenvalue weighted by Crippen LogP contribution is -2.19. The second kappa shape index (κ2) is 5.00. The molecule has 0 saturated carbocycles. The zero-order valence-corrected chi connectivity index (χ0v) is 10.2. The first-order valence-corrected chi connectivity index (χ1v) is 5.12. The van der Waals surface area contributed by atoms with E-state index >= 15 is 0 Å². The summed E-state index contributed by atoms with van der Waals surface area (Å²) < 4.78 is 39.6. The Morgan fingerprint density at radius 1 is 1.59 bits per heavy atom. The van der Waals surface area contributed by atoms with E-state index < -0.39 is 22.9 Å². The summed E-state index contributed by atoms with van der Waals surface area (Å²) >= 11 is 1.62. The van der Waals surface area contributed by atoms with E-state index in [0.29, 0.717) is 0 Å². The summed E-state index contributed by atoms with van der Waals surface area (Å²) in [7, 11) is 0. The molecule has 0 aliphatic carbocycles. The number of nitro groups is 1. The number of nitrogens with two attached hydrogens (primary N) is 1. The largest absolute Gasteiger partial charge is 0.574 e. The van der Waals surface area contributed by atoms with E-state index in [0.717, 1.165) is 6.07 Å². The van der Waals surface area contributed by atoms with Gasteiger partial charge in [0, 0.05) is 18.2 Å². The molecule has 0 atom stereocenters. The van der Waals surface area contributed by atoms with Crippen molar-refractivity contribution in [3.05, 3.63) is 25.4 Å². The topological polar surface area (TPSA) is 91.3 Å². The van der Waals surface area contributed by atoms with Gasteiger partial charge in [-0.3, -0.25) is 10.1 Å². The Bertz CT molecular complexity index is 452. The molecule has 0 amide bonds. The second-order valence-corrected chi connectivity index (χ2v) is 3.79. The number of nitrogens with zero attached hydrogens (tertiary/aromatic N) is 2. The summed E-state index contributed by atoms with van der Waals surface area (Å²) in [6.45, 7) is -0.0710. The molecule has 0 aliphatic rings. The monoisotopic (exact) mass is 363 g/mol. The first-order chi connectivity index (χ1) is 7.74. The molecule has 1 aromatic rings. The van der Waals surface area contributed by atoms with Crippen molar-refractivity contribution in [2.24, 2.45) is 5.73 Å². The number of pyridine rings is 1. The van der Waals surface area contributed by atoms with Crippen LogP contribution in [0.1, 0.15) is 5.56 Å². The van der Waals surface area contributed by atoms with Gasteiger partial charge >= 0.3 is 17.9 Å². The number of ether oxygens (including phenoxy) is 1. The van der Waals surface area contributed by atoms with Crippen molar-refractivity contribution in [1.82, 2.24) is 4.98 Å². The van der Waals surface area contributed by atoms with Gasteiger partial charge in [-0.2, -0.15) is 0 Å². The van der Waals surface area contributed by atoms with E-state index in [1.54, 1.807) is 22.6 Å². The quantitative estimate of drug-likeness (QED) is 0.384. The smallest absolute Gasteiger partial charge is 0.381 e.